The van der Waals surface area contributed by atoms with Crippen LogP contribution in [0.25, 0.3) is 0 Å². The third kappa shape index (κ3) is 4.68. The SMILES string of the molecule is CC[C@H](C)NC(=O)COc1cccc(C=O)c1. The van der Waals surface area contributed by atoms with Crippen molar-refractivity contribution in [1.82, 2.24) is 5.32 Å². The van der Waals surface area contributed by atoms with Gasteiger partial charge in [0.1, 0.15) is 12.0 Å². The van der Waals surface area contributed by atoms with Crippen molar-refractivity contribution in [3.8, 4) is 5.75 Å². The fourth-order valence-corrected chi connectivity index (χ4v) is 1.25. The van der Waals surface area contributed by atoms with Gasteiger partial charge in [0, 0.05) is 11.6 Å². The Hall–Kier alpha value is -1.84. The van der Waals surface area contributed by atoms with E-state index in [1.807, 2.05) is 13.8 Å². The van der Waals surface area contributed by atoms with Crippen LogP contribution in [0.4, 0.5) is 0 Å². The molecule has 1 aromatic carbocycles. The van der Waals surface area contributed by atoms with Crippen molar-refractivity contribution in [3.63, 3.8) is 0 Å². The van der Waals surface area contributed by atoms with Crippen LogP contribution in [0.2, 0.25) is 0 Å². The molecule has 0 aliphatic heterocycles. The second-order valence-electron chi connectivity index (χ2n) is 3.86. The van der Waals surface area contributed by atoms with Crippen molar-refractivity contribution in [1.29, 1.82) is 0 Å². The molecule has 0 heterocycles. The highest BCUT2D eigenvalue weighted by Crippen LogP contribution is 2.11. The van der Waals surface area contributed by atoms with Crippen molar-refractivity contribution < 1.29 is 14.3 Å². The summed E-state index contributed by atoms with van der Waals surface area (Å²) < 4.78 is 5.28. The number of carbonyl (C=O) groups excluding carboxylic acids is 2. The van der Waals surface area contributed by atoms with Gasteiger partial charge in [-0.2, -0.15) is 0 Å². The Balaban J connectivity index is 2.44. The number of ether oxygens (including phenoxy) is 1. The zero-order valence-electron chi connectivity index (χ0n) is 10.1. The summed E-state index contributed by atoms with van der Waals surface area (Å²) in [7, 11) is 0. The van der Waals surface area contributed by atoms with Crippen molar-refractivity contribution in [3.05, 3.63) is 29.8 Å². The van der Waals surface area contributed by atoms with Crippen LogP contribution < -0.4 is 10.1 Å². The van der Waals surface area contributed by atoms with E-state index in [1.54, 1.807) is 24.3 Å². The fourth-order valence-electron chi connectivity index (χ4n) is 1.25. The molecule has 1 aromatic rings. The molecule has 4 nitrogen and oxygen atoms in total. The maximum Gasteiger partial charge on any atom is 0.258 e. The lowest BCUT2D eigenvalue weighted by Crippen LogP contribution is -2.35. The minimum absolute atomic E-state index is 0.0351. The summed E-state index contributed by atoms with van der Waals surface area (Å²) in [6, 6.07) is 6.85. The van der Waals surface area contributed by atoms with Gasteiger partial charge in [0.05, 0.1) is 0 Å². The molecular weight excluding hydrogens is 218 g/mol. The lowest BCUT2D eigenvalue weighted by atomic mass is 10.2. The van der Waals surface area contributed by atoms with Crippen LogP contribution in [-0.2, 0) is 4.79 Å². The quantitative estimate of drug-likeness (QED) is 0.765. The number of rotatable bonds is 6. The molecule has 0 unspecified atom stereocenters. The van der Waals surface area contributed by atoms with E-state index in [4.69, 9.17) is 4.74 Å². The van der Waals surface area contributed by atoms with Crippen molar-refractivity contribution in [2.45, 2.75) is 26.3 Å². The molecule has 1 atom stereocenters. The predicted molar refractivity (Wildman–Crippen MR) is 65.2 cm³/mol. The summed E-state index contributed by atoms with van der Waals surface area (Å²) in [5, 5.41) is 2.79. The second-order valence-corrected chi connectivity index (χ2v) is 3.86. The molecule has 0 saturated heterocycles. The largest absolute Gasteiger partial charge is 0.484 e. The van der Waals surface area contributed by atoms with E-state index in [-0.39, 0.29) is 18.6 Å². The molecule has 0 aliphatic carbocycles. The normalized spacial score (nSPS) is 11.6. The number of nitrogens with one attached hydrogen (secondary N) is 1. The Bertz CT molecular complexity index is 390. The van der Waals surface area contributed by atoms with Gasteiger partial charge in [0.2, 0.25) is 0 Å². The zero-order chi connectivity index (χ0) is 12.7. The molecule has 1 N–H and O–H groups in total. The number of benzene rings is 1. The van der Waals surface area contributed by atoms with Gasteiger partial charge in [-0.1, -0.05) is 19.1 Å². The van der Waals surface area contributed by atoms with Crippen molar-refractivity contribution in [2.75, 3.05) is 6.61 Å². The van der Waals surface area contributed by atoms with E-state index < -0.39 is 0 Å². The first-order chi connectivity index (χ1) is 8.15. The Labute approximate surface area is 101 Å². The maximum atomic E-state index is 11.4. The Morgan fingerprint density at radius 3 is 2.94 bits per heavy atom. The summed E-state index contributed by atoms with van der Waals surface area (Å²) in [6.45, 7) is 3.90. The standard InChI is InChI=1S/C13H17NO3/c1-3-10(2)14-13(16)9-17-12-6-4-5-11(7-12)8-15/h4-8,10H,3,9H2,1-2H3,(H,14,16)/t10-/m0/s1. The highest BCUT2D eigenvalue weighted by atomic mass is 16.5. The molecule has 0 saturated carbocycles. The van der Waals surface area contributed by atoms with Crippen LogP contribution in [0.1, 0.15) is 30.6 Å². The van der Waals surface area contributed by atoms with Gasteiger partial charge in [-0.05, 0) is 25.5 Å². The first kappa shape index (κ1) is 13.2. The molecule has 4 heteroatoms. The summed E-state index contributed by atoms with van der Waals surface area (Å²) >= 11 is 0. The Morgan fingerprint density at radius 1 is 1.53 bits per heavy atom. The van der Waals surface area contributed by atoms with Crippen LogP contribution in [0.5, 0.6) is 5.75 Å². The van der Waals surface area contributed by atoms with Crippen molar-refractivity contribution in [2.24, 2.45) is 0 Å². The first-order valence-corrected chi connectivity index (χ1v) is 5.63. The van der Waals surface area contributed by atoms with E-state index in [2.05, 4.69) is 5.32 Å². The minimum atomic E-state index is -0.157. The Kier molecular flexibility index (Phi) is 5.20. The maximum absolute atomic E-state index is 11.4. The molecule has 1 rings (SSSR count). The predicted octanol–water partition coefficient (Wildman–Crippen LogP) is 1.79. The van der Waals surface area contributed by atoms with E-state index in [0.29, 0.717) is 11.3 Å². The summed E-state index contributed by atoms with van der Waals surface area (Å²) in [4.78, 5) is 22.0. The van der Waals surface area contributed by atoms with Gasteiger partial charge in [0.25, 0.3) is 5.91 Å². The summed E-state index contributed by atoms with van der Waals surface area (Å²) in [6.07, 6.45) is 1.62. The molecule has 0 fully saturated rings. The van der Waals surface area contributed by atoms with Gasteiger partial charge in [-0.3, -0.25) is 9.59 Å². The number of hydrogen-bond donors (Lipinski definition) is 1. The third-order valence-electron chi connectivity index (χ3n) is 2.38. The van der Waals surface area contributed by atoms with Gasteiger partial charge >= 0.3 is 0 Å². The third-order valence-corrected chi connectivity index (χ3v) is 2.38. The van der Waals surface area contributed by atoms with Crippen LogP contribution in [0.3, 0.4) is 0 Å². The van der Waals surface area contributed by atoms with Crippen LogP contribution in [0, 0.1) is 0 Å². The number of carbonyl (C=O) groups is 2. The molecular formula is C13H17NO3. The number of aldehydes is 1. The van der Waals surface area contributed by atoms with Crippen LogP contribution >= 0.6 is 0 Å². The van der Waals surface area contributed by atoms with Gasteiger partial charge in [-0.25, -0.2) is 0 Å². The lowest BCUT2D eigenvalue weighted by Gasteiger charge is -2.12. The number of hydrogen-bond acceptors (Lipinski definition) is 3. The van der Waals surface area contributed by atoms with E-state index in [9.17, 15) is 9.59 Å². The average molecular weight is 235 g/mol. The number of amides is 1. The highest BCUT2D eigenvalue weighted by molar-refractivity contribution is 5.78. The Morgan fingerprint density at radius 2 is 2.29 bits per heavy atom. The minimum Gasteiger partial charge on any atom is -0.484 e. The topological polar surface area (TPSA) is 55.4 Å². The zero-order valence-corrected chi connectivity index (χ0v) is 10.1. The summed E-state index contributed by atoms with van der Waals surface area (Å²) in [5.41, 5.74) is 0.532. The monoisotopic (exact) mass is 235 g/mol. The first-order valence-electron chi connectivity index (χ1n) is 5.63. The summed E-state index contributed by atoms with van der Waals surface area (Å²) in [5.74, 6) is 0.366. The molecule has 0 aliphatic rings. The molecule has 17 heavy (non-hydrogen) atoms. The van der Waals surface area contributed by atoms with Gasteiger partial charge in [0.15, 0.2) is 6.61 Å². The molecule has 1 amide bonds. The highest BCUT2D eigenvalue weighted by Gasteiger charge is 2.06. The molecule has 0 radical (unpaired) electrons. The van der Waals surface area contributed by atoms with E-state index >= 15 is 0 Å². The van der Waals surface area contributed by atoms with Crippen LogP contribution in [-0.4, -0.2) is 24.8 Å². The van der Waals surface area contributed by atoms with Gasteiger partial charge in [-0.15, -0.1) is 0 Å². The van der Waals surface area contributed by atoms with E-state index in [1.165, 1.54) is 0 Å². The molecule has 0 spiro atoms. The van der Waals surface area contributed by atoms with Gasteiger partial charge < -0.3 is 10.1 Å². The lowest BCUT2D eigenvalue weighted by molar-refractivity contribution is -0.123. The van der Waals surface area contributed by atoms with E-state index in [0.717, 1.165) is 12.7 Å². The smallest absolute Gasteiger partial charge is 0.258 e. The molecule has 92 valence electrons. The molecule has 0 bridgehead atoms. The van der Waals surface area contributed by atoms with Crippen LogP contribution in [0.15, 0.2) is 24.3 Å². The second kappa shape index (κ2) is 6.68. The van der Waals surface area contributed by atoms with Crippen molar-refractivity contribution >= 4 is 12.2 Å². The fraction of sp³-hybridized carbons (Fsp3) is 0.385. The molecule has 0 aromatic heterocycles. The average Bonchev–Trinajstić information content (AvgIpc) is 2.36.